The third-order valence-electron chi connectivity index (χ3n) is 3.18. The van der Waals surface area contributed by atoms with Crippen LogP contribution in [0.4, 0.5) is 4.79 Å². The molecule has 2 heterocycles. The summed E-state index contributed by atoms with van der Waals surface area (Å²) in [5.74, 6) is 0. The molecule has 0 aliphatic rings. The van der Waals surface area contributed by atoms with E-state index in [1.54, 1.807) is 42.9 Å². The summed E-state index contributed by atoms with van der Waals surface area (Å²) in [7, 11) is 3.43. The minimum Gasteiger partial charge on any atom is -0.374 e. The number of amides is 2. The molecule has 2 aromatic heterocycles. The van der Waals surface area contributed by atoms with Gasteiger partial charge in [-0.05, 0) is 11.4 Å². The molecule has 2 rings (SSSR count). The number of carbonyl (C=O) groups excluding carboxylic acids is 1. The Hall–Kier alpha value is -1.86. The van der Waals surface area contributed by atoms with Gasteiger partial charge in [0.05, 0.1) is 12.9 Å². The molecule has 21 heavy (non-hydrogen) atoms. The smallest absolute Gasteiger partial charge is 0.317 e. The van der Waals surface area contributed by atoms with Crippen LogP contribution in [0.5, 0.6) is 0 Å². The predicted molar refractivity (Wildman–Crippen MR) is 82.3 cm³/mol. The third-order valence-corrected chi connectivity index (χ3v) is 4.15. The Labute approximate surface area is 128 Å². The average Bonchev–Trinajstić information content (AvgIpc) is 3.18. The lowest BCUT2D eigenvalue weighted by molar-refractivity contribution is 0.105. The molecule has 2 amide bonds. The molecule has 0 radical (unpaired) electrons. The van der Waals surface area contributed by atoms with Gasteiger partial charge in [-0.25, -0.2) is 9.78 Å². The van der Waals surface area contributed by atoms with E-state index in [1.807, 2.05) is 28.3 Å². The van der Waals surface area contributed by atoms with Crippen LogP contribution in [-0.2, 0) is 11.3 Å². The average molecular weight is 308 g/mol. The number of hydrogen-bond donors (Lipinski definition) is 1. The van der Waals surface area contributed by atoms with E-state index < -0.39 is 0 Å². The van der Waals surface area contributed by atoms with Crippen molar-refractivity contribution in [3.8, 4) is 0 Å². The number of hydrogen-bond acceptors (Lipinski definition) is 4. The molecule has 1 atom stereocenters. The largest absolute Gasteiger partial charge is 0.374 e. The molecule has 114 valence electrons. The van der Waals surface area contributed by atoms with E-state index >= 15 is 0 Å². The first-order valence-electron chi connectivity index (χ1n) is 6.71. The number of likely N-dealkylation sites (N-methyl/N-ethyl adjacent to an activating group) is 1. The number of nitrogens with zero attached hydrogens (tertiary/aromatic N) is 3. The van der Waals surface area contributed by atoms with Gasteiger partial charge in [0.25, 0.3) is 0 Å². The van der Waals surface area contributed by atoms with Crippen molar-refractivity contribution >= 4 is 17.4 Å². The van der Waals surface area contributed by atoms with Crippen LogP contribution in [0.2, 0.25) is 0 Å². The van der Waals surface area contributed by atoms with Gasteiger partial charge >= 0.3 is 6.03 Å². The van der Waals surface area contributed by atoms with Crippen LogP contribution in [0, 0.1) is 0 Å². The maximum Gasteiger partial charge on any atom is 0.317 e. The van der Waals surface area contributed by atoms with Crippen molar-refractivity contribution < 1.29 is 9.53 Å². The molecule has 2 aromatic rings. The highest BCUT2D eigenvalue weighted by atomic mass is 32.1. The number of ether oxygens (including phenoxy) is 1. The number of carbonyl (C=O) groups is 1. The van der Waals surface area contributed by atoms with E-state index in [1.165, 1.54) is 0 Å². The molecule has 1 N–H and O–H groups in total. The van der Waals surface area contributed by atoms with E-state index in [9.17, 15) is 4.79 Å². The van der Waals surface area contributed by atoms with Gasteiger partial charge in [-0.15, -0.1) is 11.3 Å². The van der Waals surface area contributed by atoms with Crippen molar-refractivity contribution in [2.75, 3.05) is 27.2 Å². The Balaban J connectivity index is 1.75. The molecule has 0 bridgehead atoms. The number of imidazole rings is 1. The van der Waals surface area contributed by atoms with Crippen molar-refractivity contribution in [3.05, 3.63) is 41.1 Å². The molecule has 0 aliphatic heterocycles. The Morgan fingerprint density at radius 1 is 1.62 bits per heavy atom. The van der Waals surface area contributed by atoms with E-state index in [0.717, 1.165) is 11.4 Å². The van der Waals surface area contributed by atoms with Crippen molar-refractivity contribution in [3.63, 3.8) is 0 Å². The zero-order valence-electron chi connectivity index (χ0n) is 12.2. The van der Waals surface area contributed by atoms with E-state index in [4.69, 9.17) is 4.74 Å². The molecule has 7 heteroatoms. The summed E-state index contributed by atoms with van der Waals surface area (Å²) in [6.07, 6.45) is 5.24. The second-order valence-corrected chi connectivity index (χ2v) is 5.63. The molecule has 6 nitrogen and oxygen atoms in total. The molecule has 0 aromatic carbocycles. The van der Waals surface area contributed by atoms with Crippen LogP contribution in [0.15, 0.2) is 36.2 Å². The normalized spacial score (nSPS) is 12.1. The van der Waals surface area contributed by atoms with E-state index in [0.29, 0.717) is 13.1 Å². The number of methoxy groups -OCH3 is 1. The van der Waals surface area contributed by atoms with Gasteiger partial charge in [-0.1, -0.05) is 6.07 Å². The highest BCUT2D eigenvalue weighted by molar-refractivity contribution is 7.10. The summed E-state index contributed by atoms with van der Waals surface area (Å²) >= 11 is 1.62. The number of aromatic nitrogens is 2. The van der Waals surface area contributed by atoms with E-state index in [2.05, 4.69) is 10.3 Å². The summed E-state index contributed by atoms with van der Waals surface area (Å²) in [5, 5.41) is 4.90. The fraction of sp³-hybridized carbons (Fsp3) is 0.429. The quantitative estimate of drug-likeness (QED) is 0.851. The number of rotatable bonds is 7. The lowest BCUT2D eigenvalue weighted by Gasteiger charge is -2.20. The van der Waals surface area contributed by atoms with Crippen LogP contribution in [0.1, 0.15) is 11.0 Å². The van der Waals surface area contributed by atoms with Gasteiger partial charge < -0.3 is 19.5 Å². The monoisotopic (exact) mass is 308 g/mol. The summed E-state index contributed by atoms with van der Waals surface area (Å²) in [5.41, 5.74) is 0. The fourth-order valence-electron chi connectivity index (χ4n) is 1.88. The Morgan fingerprint density at radius 3 is 3.10 bits per heavy atom. The number of urea groups is 1. The second-order valence-electron chi connectivity index (χ2n) is 4.65. The predicted octanol–water partition coefficient (Wildman–Crippen LogP) is 1.97. The van der Waals surface area contributed by atoms with Gasteiger partial charge in [-0.3, -0.25) is 0 Å². The molecule has 0 aliphatic carbocycles. The Bertz CT molecular complexity index is 527. The molecule has 0 saturated carbocycles. The van der Waals surface area contributed by atoms with Crippen molar-refractivity contribution in [2.45, 2.75) is 12.6 Å². The first kappa shape index (κ1) is 15.5. The SMILES string of the molecule is CO[C@H](CNC(=O)N(C)CCn1ccnc1)c1cccs1. The Morgan fingerprint density at radius 2 is 2.48 bits per heavy atom. The molecular formula is C14H20N4O2S. The topological polar surface area (TPSA) is 59.4 Å². The van der Waals surface area contributed by atoms with Crippen LogP contribution in [0.25, 0.3) is 0 Å². The van der Waals surface area contributed by atoms with Crippen LogP contribution >= 0.6 is 11.3 Å². The summed E-state index contributed by atoms with van der Waals surface area (Å²) in [6, 6.07) is 3.88. The van der Waals surface area contributed by atoms with Gasteiger partial charge in [0.1, 0.15) is 6.10 Å². The molecule has 0 unspecified atom stereocenters. The first-order valence-corrected chi connectivity index (χ1v) is 7.59. The molecule has 0 spiro atoms. The minimum atomic E-state index is -0.103. The highest BCUT2D eigenvalue weighted by Crippen LogP contribution is 2.20. The maximum atomic E-state index is 12.0. The number of thiophene rings is 1. The minimum absolute atomic E-state index is 0.101. The van der Waals surface area contributed by atoms with Gasteiger partial charge in [0.2, 0.25) is 0 Å². The zero-order valence-corrected chi connectivity index (χ0v) is 13.0. The van der Waals surface area contributed by atoms with Gasteiger partial charge in [-0.2, -0.15) is 0 Å². The summed E-state index contributed by atoms with van der Waals surface area (Å²) < 4.78 is 7.35. The second kappa shape index (κ2) is 7.80. The van der Waals surface area contributed by atoms with Crippen LogP contribution in [-0.4, -0.2) is 47.7 Å². The van der Waals surface area contributed by atoms with E-state index in [-0.39, 0.29) is 12.1 Å². The summed E-state index contributed by atoms with van der Waals surface area (Å²) in [6.45, 7) is 1.81. The molecule has 0 saturated heterocycles. The Kier molecular flexibility index (Phi) is 5.77. The standard InChI is InChI=1S/C14H20N4O2S/c1-17(7-8-18-6-5-15-11-18)14(19)16-10-12(20-2)13-4-3-9-21-13/h3-6,9,11-12H,7-8,10H2,1-2H3,(H,16,19)/t12-/m1/s1. The van der Waals surface area contributed by atoms with Gasteiger partial charge in [0.15, 0.2) is 0 Å². The van der Waals surface area contributed by atoms with Crippen LogP contribution < -0.4 is 5.32 Å². The third kappa shape index (κ3) is 4.57. The number of nitrogens with one attached hydrogen (secondary N) is 1. The first-order chi connectivity index (χ1) is 10.2. The zero-order chi connectivity index (χ0) is 15.1. The maximum absolute atomic E-state index is 12.0. The summed E-state index contributed by atoms with van der Waals surface area (Å²) in [4.78, 5) is 18.8. The van der Waals surface area contributed by atoms with Crippen molar-refractivity contribution in [1.82, 2.24) is 19.8 Å². The van der Waals surface area contributed by atoms with Crippen molar-refractivity contribution in [2.24, 2.45) is 0 Å². The highest BCUT2D eigenvalue weighted by Gasteiger charge is 2.14. The molecule has 0 fully saturated rings. The van der Waals surface area contributed by atoms with Crippen molar-refractivity contribution in [1.29, 1.82) is 0 Å². The molecular weight excluding hydrogens is 288 g/mol. The van der Waals surface area contributed by atoms with Crippen LogP contribution in [0.3, 0.4) is 0 Å². The lowest BCUT2D eigenvalue weighted by Crippen LogP contribution is -2.40. The lowest BCUT2D eigenvalue weighted by atomic mass is 10.3. The fourth-order valence-corrected chi connectivity index (χ4v) is 2.68. The van der Waals surface area contributed by atoms with Gasteiger partial charge in [0, 0.05) is 44.5 Å².